The summed E-state index contributed by atoms with van der Waals surface area (Å²) >= 11 is 17.9. The van der Waals surface area contributed by atoms with E-state index >= 15 is 0 Å². The van der Waals surface area contributed by atoms with Crippen LogP contribution in [0.2, 0.25) is 15.1 Å². The third-order valence-electron chi connectivity index (χ3n) is 2.37. The summed E-state index contributed by atoms with van der Waals surface area (Å²) in [6.07, 6.45) is 6.90. The summed E-state index contributed by atoms with van der Waals surface area (Å²) in [5, 5.41) is 1.32. The van der Waals surface area contributed by atoms with Crippen LogP contribution < -0.4 is 0 Å². The summed E-state index contributed by atoms with van der Waals surface area (Å²) in [5.74, 6) is 0. The van der Waals surface area contributed by atoms with E-state index in [0.717, 1.165) is 31.4 Å². The van der Waals surface area contributed by atoms with Crippen molar-refractivity contribution in [1.82, 2.24) is 0 Å². The molecular formula is C14H16Cl3O. The minimum absolute atomic E-state index is 0.386. The highest BCUT2D eigenvalue weighted by Gasteiger charge is 2.05. The molecule has 0 aromatic heterocycles. The molecule has 0 unspecified atom stereocenters. The fourth-order valence-corrected chi connectivity index (χ4v) is 1.98. The van der Waals surface area contributed by atoms with E-state index in [1.807, 2.05) is 18.2 Å². The molecule has 0 saturated carbocycles. The summed E-state index contributed by atoms with van der Waals surface area (Å²) in [7, 11) is 0. The first-order valence-electron chi connectivity index (χ1n) is 5.84. The molecule has 0 N–H and O–H groups in total. The minimum Gasteiger partial charge on any atom is -0.377 e. The topological polar surface area (TPSA) is 9.23 Å². The molecule has 0 aliphatic rings. The lowest BCUT2D eigenvalue weighted by molar-refractivity contribution is 0.158. The van der Waals surface area contributed by atoms with Crippen LogP contribution in [0, 0.1) is 6.92 Å². The number of rotatable bonds is 7. The molecule has 1 radical (unpaired) electrons. The molecule has 0 atom stereocenters. The van der Waals surface area contributed by atoms with Crippen molar-refractivity contribution in [1.29, 1.82) is 0 Å². The third kappa shape index (κ3) is 5.19. The van der Waals surface area contributed by atoms with Crippen LogP contribution in [-0.4, -0.2) is 13.2 Å². The van der Waals surface area contributed by atoms with E-state index in [-0.39, 0.29) is 0 Å². The van der Waals surface area contributed by atoms with Gasteiger partial charge in [0.2, 0.25) is 0 Å². The van der Waals surface area contributed by atoms with Gasteiger partial charge in [0, 0.05) is 6.61 Å². The zero-order valence-corrected chi connectivity index (χ0v) is 12.4. The molecular weight excluding hydrogens is 291 g/mol. The van der Waals surface area contributed by atoms with Crippen molar-refractivity contribution in [2.24, 2.45) is 0 Å². The van der Waals surface area contributed by atoms with Gasteiger partial charge in [-0.25, -0.2) is 0 Å². The zero-order valence-electron chi connectivity index (χ0n) is 10.1. The summed E-state index contributed by atoms with van der Waals surface area (Å²) in [6, 6.07) is 3.56. The van der Waals surface area contributed by atoms with E-state index in [9.17, 15) is 0 Å². The molecule has 0 fully saturated rings. The quantitative estimate of drug-likeness (QED) is 0.465. The number of hydrogen-bond donors (Lipinski definition) is 0. The fourth-order valence-electron chi connectivity index (χ4n) is 1.38. The van der Waals surface area contributed by atoms with Crippen molar-refractivity contribution in [2.75, 3.05) is 13.2 Å². The van der Waals surface area contributed by atoms with Crippen LogP contribution in [0.3, 0.4) is 0 Å². The van der Waals surface area contributed by atoms with Crippen molar-refractivity contribution in [2.45, 2.75) is 19.3 Å². The molecule has 99 valence electrons. The Hall–Kier alpha value is -0.210. The van der Waals surface area contributed by atoms with Gasteiger partial charge in [0.1, 0.15) is 0 Å². The molecule has 18 heavy (non-hydrogen) atoms. The lowest BCUT2D eigenvalue weighted by Gasteiger charge is -2.03. The summed E-state index contributed by atoms with van der Waals surface area (Å²) in [5.41, 5.74) is 0.840. The zero-order chi connectivity index (χ0) is 13.4. The average Bonchev–Trinajstić information content (AvgIpc) is 2.37. The number of benzene rings is 1. The maximum absolute atomic E-state index is 6.06. The third-order valence-corrected chi connectivity index (χ3v) is 3.67. The second-order valence-corrected chi connectivity index (χ2v) is 4.97. The van der Waals surface area contributed by atoms with E-state index in [1.54, 1.807) is 6.07 Å². The average molecular weight is 307 g/mol. The highest BCUT2D eigenvalue weighted by atomic mass is 35.5. The van der Waals surface area contributed by atoms with Crippen LogP contribution in [0.15, 0.2) is 18.2 Å². The van der Waals surface area contributed by atoms with Crippen molar-refractivity contribution in [3.63, 3.8) is 0 Å². The molecule has 0 bridgehead atoms. The minimum atomic E-state index is 0.386. The van der Waals surface area contributed by atoms with Crippen LogP contribution >= 0.6 is 34.8 Å². The molecule has 0 spiro atoms. The Bertz CT molecular complexity index is 402. The maximum Gasteiger partial charge on any atom is 0.0784 e. The lowest BCUT2D eigenvalue weighted by atomic mass is 10.2. The van der Waals surface area contributed by atoms with Crippen LogP contribution in [0.1, 0.15) is 24.8 Å². The van der Waals surface area contributed by atoms with Gasteiger partial charge in [-0.1, -0.05) is 72.8 Å². The van der Waals surface area contributed by atoms with Crippen molar-refractivity contribution in [3.05, 3.63) is 45.8 Å². The Morgan fingerprint density at radius 1 is 1.11 bits per heavy atom. The van der Waals surface area contributed by atoms with Gasteiger partial charge in [0.15, 0.2) is 0 Å². The Morgan fingerprint density at radius 3 is 2.61 bits per heavy atom. The second-order valence-electron chi connectivity index (χ2n) is 3.80. The van der Waals surface area contributed by atoms with Crippen LogP contribution in [-0.2, 0) is 4.74 Å². The molecule has 1 rings (SSSR count). The number of hydrogen-bond acceptors (Lipinski definition) is 1. The van der Waals surface area contributed by atoms with Gasteiger partial charge < -0.3 is 4.74 Å². The second kappa shape index (κ2) is 8.82. The van der Waals surface area contributed by atoms with E-state index < -0.39 is 0 Å². The van der Waals surface area contributed by atoms with Crippen molar-refractivity contribution >= 4 is 40.9 Å². The van der Waals surface area contributed by atoms with E-state index in [4.69, 9.17) is 39.5 Å². The molecule has 0 amide bonds. The van der Waals surface area contributed by atoms with Gasteiger partial charge in [-0.3, -0.25) is 0 Å². The summed E-state index contributed by atoms with van der Waals surface area (Å²) < 4.78 is 5.43. The number of halogens is 3. The predicted octanol–water partition coefficient (Wildman–Crippen LogP) is 5.68. The van der Waals surface area contributed by atoms with Crippen molar-refractivity contribution < 1.29 is 4.74 Å². The first-order valence-corrected chi connectivity index (χ1v) is 6.97. The van der Waals surface area contributed by atoms with Gasteiger partial charge in [-0.15, -0.1) is 0 Å². The van der Waals surface area contributed by atoms with E-state index in [1.165, 1.54) is 0 Å². The van der Waals surface area contributed by atoms with Gasteiger partial charge >= 0.3 is 0 Å². The highest BCUT2D eigenvalue weighted by molar-refractivity contribution is 6.48. The first kappa shape index (κ1) is 15.8. The normalized spacial score (nSPS) is 11.3. The molecule has 1 aromatic carbocycles. The summed E-state index contributed by atoms with van der Waals surface area (Å²) in [6.45, 7) is 5.10. The first-order chi connectivity index (χ1) is 8.66. The SMILES string of the molecule is [CH2]CCCCOCC=Cc1ccc(Cl)c(Cl)c1Cl. The monoisotopic (exact) mass is 305 g/mol. The van der Waals surface area contributed by atoms with Crippen LogP contribution in [0.4, 0.5) is 0 Å². The number of unbranched alkanes of at least 4 members (excludes halogenated alkanes) is 2. The van der Waals surface area contributed by atoms with E-state index in [0.29, 0.717) is 21.7 Å². The Kier molecular flexibility index (Phi) is 7.76. The Morgan fingerprint density at radius 2 is 1.89 bits per heavy atom. The van der Waals surface area contributed by atoms with Gasteiger partial charge in [0.05, 0.1) is 21.7 Å². The molecule has 1 nitrogen and oxygen atoms in total. The fraction of sp³-hybridized carbons (Fsp3) is 0.357. The highest BCUT2D eigenvalue weighted by Crippen LogP contribution is 2.33. The Balaban J connectivity index is 2.41. The Labute approximate surface area is 124 Å². The van der Waals surface area contributed by atoms with E-state index in [2.05, 4.69) is 6.92 Å². The molecule has 1 aromatic rings. The molecule has 0 heterocycles. The van der Waals surface area contributed by atoms with Gasteiger partial charge in [0.25, 0.3) is 0 Å². The maximum atomic E-state index is 6.06. The molecule has 0 saturated heterocycles. The van der Waals surface area contributed by atoms with Crippen LogP contribution in [0.5, 0.6) is 0 Å². The predicted molar refractivity (Wildman–Crippen MR) is 80.5 cm³/mol. The summed E-state index contributed by atoms with van der Waals surface area (Å²) in [4.78, 5) is 0. The largest absolute Gasteiger partial charge is 0.377 e. The molecule has 0 aliphatic carbocycles. The molecule has 4 heteroatoms. The lowest BCUT2D eigenvalue weighted by Crippen LogP contribution is -1.93. The standard InChI is InChI=1S/C14H16Cl3O/c1-2-3-4-9-18-10-5-6-11-7-8-12(15)14(17)13(11)16/h5-8H,1-4,9-10H2. The van der Waals surface area contributed by atoms with Crippen LogP contribution in [0.25, 0.3) is 6.08 Å². The molecule has 0 aliphatic heterocycles. The van der Waals surface area contributed by atoms with Gasteiger partial charge in [-0.05, 0) is 18.1 Å². The smallest absolute Gasteiger partial charge is 0.0784 e. The number of ether oxygens (including phenoxy) is 1. The van der Waals surface area contributed by atoms with Crippen molar-refractivity contribution in [3.8, 4) is 0 Å². The van der Waals surface area contributed by atoms with Gasteiger partial charge in [-0.2, -0.15) is 0 Å².